The number of hydrogen-bond acceptors (Lipinski definition) is 1. The summed E-state index contributed by atoms with van der Waals surface area (Å²) in [4.78, 5) is 0. The molecule has 0 aliphatic heterocycles. The summed E-state index contributed by atoms with van der Waals surface area (Å²) in [6.07, 6.45) is 0.909. The Morgan fingerprint density at radius 2 is 2.00 bits per heavy atom. The van der Waals surface area contributed by atoms with Gasteiger partial charge in [-0.3, -0.25) is 0 Å². The van der Waals surface area contributed by atoms with E-state index in [-0.39, 0.29) is 5.60 Å². The number of aryl methyl sites for hydroxylation is 1. The fourth-order valence-electron chi connectivity index (χ4n) is 1.54. The first-order chi connectivity index (χ1) is 6.61. The molecule has 0 aliphatic carbocycles. The van der Waals surface area contributed by atoms with Crippen molar-refractivity contribution in [1.29, 1.82) is 0 Å². The molecule has 1 nitrogen and oxygen atoms in total. The number of alkyl halides is 1. The molecule has 1 aromatic rings. The van der Waals surface area contributed by atoms with Crippen LogP contribution in [0.2, 0.25) is 0 Å². The highest BCUT2D eigenvalue weighted by Crippen LogP contribution is 2.27. The largest absolute Gasteiger partial charge is 0.419 e. The normalized spacial score (nSPS) is 11.9. The molecule has 0 amide bonds. The number of benzene rings is 1. The molecule has 0 aliphatic rings. The van der Waals surface area contributed by atoms with Gasteiger partial charge in [-0.1, -0.05) is 24.3 Å². The SMILES string of the molecule is CC(C)(O[SiH3])c1ccccc1CCCl. The third kappa shape index (κ3) is 2.59. The molecule has 1 rings (SSSR count). The number of hydrogen-bond donors (Lipinski definition) is 0. The van der Waals surface area contributed by atoms with E-state index in [1.807, 2.05) is 0 Å². The Morgan fingerprint density at radius 1 is 1.36 bits per heavy atom. The number of halogens is 1. The lowest BCUT2D eigenvalue weighted by molar-refractivity contribution is 0.122. The van der Waals surface area contributed by atoms with Crippen LogP contribution in [-0.4, -0.2) is 16.4 Å². The number of rotatable bonds is 4. The van der Waals surface area contributed by atoms with Crippen molar-refractivity contribution in [2.75, 3.05) is 5.88 Å². The minimum Gasteiger partial charge on any atom is -0.419 e. The van der Waals surface area contributed by atoms with E-state index in [0.717, 1.165) is 16.9 Å². The van der Waals surface area contributed by atoms with Crippen molar-refractivity contribution in [2.45, 2.75) is 25.9 Å². The summed E-state index contributed by atoms with van der Waals surface area (Å²) >= 11 is 5.77. The van der Waals surface area contributed by atoms with Crippen LogP contribution in [0.5, 0.6) is 0 Å². The van der Waals surface area contributed by atoms with E-state index < -0.39 is 0 Å². The molecule has 0 radical (unpaired) electrons. The lowest BCUT2D eigenvalue weighted by Crippen LogP contribution is -2.22. The van der Waals surface area contributed by atoms with E-state index in [9.17, 15) is 0 Å². The van der Waals surface area contributed by atoms with E-state index in [4.69, 9.17) is 16.0 Å². The monoisotopic (exact) mass is 228 g/mol. The lowest BCUT2D eigenvalue weighted by atomic mass is 9.92. The first-order valence-corrected chi connectivity index (χ1v) is 6.16. The molecule has 0 fully saturated rings. The van der Waals surface area contributed by atoms with Crippen molar-refractivity contribution in [1.82, 2.24) is 0 Å². The molecule has 0 aromatic heterocycles. The highest BCUT2D eigenvalue weighted by molar-refractivity contribution is 6.18. The van der Waals surface area contributed by atoms with Gasteiger partial charge in [0.15, 0.2) is 0 Å². The van der Waals surface area contributed by atoms with Crippen molar-refractivity contribution in [3.05, 3.63) is 35.4 Å². The van der Waals surface area contributed by atoms with Crippen LogP contribution in [0, 0.1) is 0 Å². The van der Waals surface area contributed by atoms with E-state index >= 15 is 0 Å². The van der Waals surface area contributed by atoms with Gasteiger partial charge < -0.3 is 4.43 Å². The molecule has 0 spiro atoms. The van der Waals surface area contributed by atoms with Crippen LogP contribution in [-0.2, 0) is 16.4 Å². The predicted octanol–water partition coefficient (Wildman–Crippen LogP) is 2.00. The second kappa shape index (κ2) is 4.96. The summed E-state index contributed by atoms with van der Waals surface area (Å²) in [6.45, 7) is 4.21. The molecule has 14 heavy (non-hydrogen) atoms. The fraction of sp³-hybridized carbons (Fsp3) is 0.455. The van der Waals surface area contributed by atoms with Crippen LogP contribution < -0.4 is 0 Å². The van der Waals surface area contributed by atoms with Crippen LogP contribution in [0.25, 0.3) is 0 Å². The van der Waals surface area contributed by atoms with Crippen LogP contribution in [0.15, 0.2) is 24.3 Å². The predicted molar refractivity (Wildman–Crippen MR) is 64.9 cm³/mol. The van der Waals surface area contributed by atoms with E-state index in [2.05, 4.69) is 38.1 Å². The van der Waals surface area contributed by atoms with Gasteiger partial charge in [0.1, 0.15) is 10.5 Å². The molecule has 0 saturated carbocycles. The maximum absolute atomic E-state index is 5.77. The van der Waals surface area contributed by atoms with Crippen molar-refractivity contribution >= 4 is 22.1 Å². The van der Waals surface area contributed by atoms with Crippen LogP contribution in [0.4, 0.5) is 0 Å². The molecule has 0 heterocycles. The second-order valence-electron chi connectivity index (χ2n) is 3.81. The highest BCUT2D eigenvalue weighted by atomic mass is 35.5. The van der Waals surface area contributed by atoms with Crippen molar-refractivity contribution in [2.24, 2.45) is 0 Å². The summed E-state index contributed by atoms with van der Waals surface area (Å²) in [5.41, 5.74) is 2.38. The Kier molecular flexibility index (Phi) is 4.17. The summed E-state index contributed by atoms with van der Waals surface area (Å²) in [5, 5.41) is 0. The third-order valence-corrected chi connectivity index (χ3v) is 3.75. The van der Waals surface area contributed by atoms with Gasteiger partial charge in [0.2, 0.25) is 0 Å². The Bertz CT molecular complexity index is 299. The van der Waals surface area contributed by atoms with Crippen LogP contribution >= 0.6 is 11.6 Å². The average Bonchev–Trinajstić information content (AvgIpc) is 2.19. The third-order valence-electron chi connectivity index (χ3n) is 2.54. The lowest BCUT2D eigenvalue weighted by Gasteiger charge is -2.26. The minimum atomic E-state index is -0.172. The standard InChI is InChI=1S/C11H17ClOSi/c1-11(2,13-14)10-6-4-3-5-9(10)7-8-12/h3-6H,7-8H2,1-2,14H3. The maximum Gasteiger partial charge on any atom is 0.147 e. The minimum absolute atomic E-state index is 0.172. The molecular formula is C11H17ClOSi. The van der Waals surface area contributed by atoms with Gasteiger partial charge in [-0.15, -0.1) is 11.6 Å². The van der Waals surface area contributed by atoms with E-state index in [0.29, 0.717) is 5.88 Å². The second-order valence-corrected chi connectivity index (χ2v) is 4.60. The van der Waals surface area contributed by atoms with Crippen LogP contribution in [0.1, 0.15) is 25.0 Å². The van der Waals surface area contributed by atoms with Crippen molar-refractivity contribution in [3.8, 4) is 0 Å². The summed E-state index contributed by atoms with van der Waals surface area (Å²) < 4.78 is 5.61. The van der Waals surface area contributed by atoms with E-state index in [1.165, 1.54) is 11.1 Å². The molecular weight excluding hydrogens is 212 g/mol. The first kappa shape index (κ1) is 11.8. The summed E-state index contributed by atoms with van der Waals surface area (Å²) in [5.74, 6) is 0.661. The Morgan fingerprint density at radius 3 is 2.57 bits per heavy atom. The zero-order valence-electron chi connectivity index (χ0n) is 9.01. The molecule has 78 valence electrons. The van der Waals surface area contributed by atoms with Crippen molar-refractivity contribution < 1.29 is 4.43 Å². The zero-order chi connectivity index (χ0) is 10.6. The molecule has 0 unspecified atom stereocenters. The van der Waals surface area contributed by atoms with Gasteiger partial charge in [0.05, 0.1) is 5.60 Å². The average molecular weight is 229 g/mol. The highest BCUT2D eigenvalue weighted by Gasteiger charge is 2.21. The van der Waals surface area contributed by atoms with Gasteiger partial charge in [-0.25, -0.2) is 0 Å². The van der Waals surface area contributed by atoms with E-state index in [1.54, 1.807) is 0 Å². The molecule has 3 heteroatoms. The fourth-order valence-corrected chi connectivity index (χ4v) is 1.96. The molecule has 1 aromatic carbocycles. The Balaban J connectivity index is 3.06. The summed E-state index contributed by atoms with van der Waals surface area (Å²) in [7, 11) is 0.751. The van der Waals surface area contributed by atoms with Crippen molar-refractivity contribution in [3.63, 3.8) is 0 Å². The van der Waals surface area contributed by atoms with Gasteiger partial charge >= 0.3 is 0 Å². The molecule has 0 saturated heterocycles. The smallest absolute Gasteiger partial charge is 0.147 e. The topological polar surface area (TPSA) is 9.23 Å². The molecule has 0 N–H and O–H groups in total. The van der Waals surface area contributed by atoms with Gasteiger partial charge in [0.25, 0.3) is 0 Å². The van der Waals surface area contributed by atoms with Gasteiger partial charge in [0, 0.05) is 5.88 Å². The first-order valence-electron chi connectivity index (χ1n) is 4.81. The quantitative estimate of drug-likeness (QED) is 0.566. The van der Waals surface area contributed by atoms with Crippen LogP contribution in [0.3, 0.4) is 0 Å². The Hall–Kier alpha value is -0.313. The van der Waals surface area contributed by atoms with Gasteiger partial charge in [-0.2, -0.15) is 0 Å². The molecule has 0 atom stereocenters. The molecule has 0 bridgehead atoms. The summed E-state index contributed by atoms with van der Waals surface area (Å²) in [6, 6.07) is 8.35. The van der Waals surface area contributed by atoms with Gasteiger partial charge in [-0.05, 0) is 31.4 Å². The Labute approximate surface area is 94.0 Å². The maximum atomic E-state index is 5.77. The zero-order valence-corrected chi connectivity index (χ0v) is 11.8.